The van der Waals surface area contributed by atoms with Crippen molar-refractivity contribution in [3.63, 3.8) is 0 Å². The van der Waals surface area contributed by atoms with E-state index < -0.39 is 0 Å². The highest BCUT2D eigenvalue weighted by Crippen LogP contribution is 2.33. The lowest BCUT2D eigenvalue weighted by atomic mass is 9.97. The fourth-order valence-corrected chi connectivity index (χ4v) is 4.34. The van der Waals surface area contributed by atoms with Crippen LogP contribution in [-0.2, 0) is 19.4 Å². The largest absolute Gasteiger partial charge is 0.503 e. The highest BCUT2D eigenvalue weighted by Gasteiger charge is 2.20. The summed E-state index contributed by atoms with van der Waals surface area (Å²) in [5, 5.41) is 10.3. The molecule has 0 saturated heterocycles. The van der Waals surface area contributed by atoms with E-state index in [0.717, 1.165) is 29.5 Å². The highest BCUT2D eigenvalue weighted by atomic mass is 32.1. The Hall–Kier alpha value is -2.21. The van der Waals surface area contributed by atoms with Crippen LogP contribution in [0.1, 0.15) is 29.1 Å². The summed E-state index contributed by atoms with van der Waals surface area (Å²) in [6, 6.07) is 3.37. The molecule has 5 nitrogen and oxygen atoms in total. The van der Waals surface area contributed by atoms with Gasteiger partial charge < -0.3 is 10.1 Å². The van der Waals surface area contributed by atoms with Gasteiger partial charge in [-0.25, -0.2) is 4.98 Å². The average molecular weight is 314 g/mol. The van der Waals surface area contributed by atoms with Crippen LogP contribution in [-0.4, -0.2) is 15.1 Å². The zero-order chi connectivity index (χ0) is 15.1. The molecule has 1 aliphatic rings. The summed E-state index contributed by atoms with van der Waals surface area (Å²) in [4.78, 5) is 22.1. The number of hydrogen-bond donors (Lipinski definition) is 2. The maximum atomic E-state index is 12.4. The van der Waals surface area contributed by atoms with E-state index in [1.54, 1.807) is 34.2 Å². The van der Waals surface area contributed by atoms with Gasteiger partial charge in [-0.15, -0.1) is 11.3 Å². The molecule has 6 heteroatoms. The van der Waals surface area contributed by atoms with Crippen molar-refractivity contribution in [2.75, 3.05) is 0 Å². The van der Waals surface area contributed by atoms with Crippen molar-refractivity contribution in [2.24, 2.45) is 0 Å². The first-order chi connectivity index (χ1) is 10.7. The molecular formula is C16H16N3O2S+. The Labute approximate surface area is 130 Å². The molecule has 0 spiro atoms. The number of H-pyrrole nitrogens is 1. The number of aromatic amines is 1. The van der Waals surface area contributed by atoms with Gasteiger partial charge in [0.2, 0.25) is 12.7 Å². The summed E-state index contributed by atoms with van der Waals surface area (Å²) in [6.07, 6.45) is 7.85. The second-order valence-corrected chi connectivity index (χ2v) is 6.72. The molecule has 0 unspecified atom stereocenters. The second kappa shape index (κ2) is 5.21. The third-order valence-electron chi connectivity index (χ3n) is 4.05. The summed E-state index contributed by atoms with van der Waals surface area (Å²) in [5.74, 6) is 0.809. The molecule has 2 N–H and O–H groups in total. The molecule has 0 fully saturated rings. The van der Waals surface area contributed by atoms with Crippen LogP contribution in [0.3, 0.4) is 0 Å². The van der Waals surface area contributed by atoms with Crippen molar-refractivity contribution in [2.45, 2.75) is 32.2 Å². The van der Waals surface area contributed by atoms with Gasteiger partial charge in [-0.05, 0) is 37.3 Å². The minimum Gasteiger partial charge on any atom is -0.503 e. The van der Waals surface area contributed by atoms with Crippen molar-refractivity contribution in [3.8, 4) is 5.75 Å². The quantitative estimate of drug-likeness (QED) is 0.710. The lowest BCUT2D eigenvalue weighted by molar-refractivity contribution is -0.689. The van der Waals surface area contributed by atoms with E-state index in [2.05, 4.69) is 9.97 Å². The topological polar surface area (TPSA) is 69.9 Å². The predicted octanol–water partition coefficient (Wildman–Crippen LogP) is 1.90. The number of thiophene rings is 1. The molecule has 0 saturated carbocycles. The van der Waals surface area contributed by atoms with Gasteiger partial charge in [-0.2, -0.15) is 4.57 Å². The molecule has 112 valence electrons. The van der Waals surface area contributed by atoms with Gasteiger partial charge >= 0.3 is 0 Å². The van der Waals surface area contributed by atoms with E-state index in [-0.39, 0.29) is 11.3 Å². The minimum atomic E-state index is -0.0415. The predicted molar refractivity (Wildman–Crippen MR) is 84.3 cm³/mol. The Bertz CT molecular complexity index is 913. The standard InChI is InChI=1S/C16H15N3O2S/c20-10-4-3-7-19(8-10)9-13-17-15(21)14-11-5-1-2-6-12(11)22-16(14)18-13/h3-4,7-8H,1-2,5-6,9H2,(H-,17,18,20,21)/p+1. The normalized spacial score (nSPS) is 14.2. The van der Waals surface area contributed by atoms with Crippen molar-refractivity contribution >= 4 is 21.6 Å². The zero-order valence-corrected chi connectivity index (χ0v) is 12.8. The average Bonchev–Trinajstić information content (AvgIpc) is 2.85. The Morgan fingerprint density at radius 3 is 3.09 bits per heavy atom. The number of hydrogen-bond acceptors (Lipinski definition) is 4. The molecule has 0 radical (unpaired) electrons. The Kier molecular flexibility index (Phi) is 3.18. The fourth-order valence-electron chi connectivity index (χ4n) is 3.06. The van der Waals surface area contributed by atoms with Crippen LogP contribution >= 0.6 is 11.3 Å². The first kappa shape index (κ1) is 13.5. The Balaban J connectivity index is 1.79. The number of rotatable bonds is 2. The molecule has 0 aromatic carbocycles. The molecular weight excluding hydrogens is 298 g/mol. The van der Waals surface area contributed by atoms with Crippen LogP contribution in [0.2, 0.25) is 0 Å². The Morgan fingerprint density at radius 1 is 1.36 bits per heavy atom. The molecule has 22 heavy (non-hydrogen) atoms. The van der Waals surface area contributed by atoms with Crippen molar-refractivity contribution in [1.29, 1.82) is 0 Å². The van der Waals surface area contributed by atoms with Crippen LogP contribution in [0.5, 0.6) is 5.75 Å². The molecule has 0 atom stereocenters. The molecule has 0 amide bonds. The third-order valence-corrected chi connectivity index (χ3v) is 5.23. The van der Waals surface area contributed by atoms with Gasteiger partial charge in [0.05, 0.1) is 5.39 Å². The smallest absolute Gasteiger partial charge is 0.260 e. The third kappa shape index (κ3) is 2.29. The highest BCUT2D eigenvalue weighted by molar-refractivity contribution is 7.18. The molecule has 0 bridgehead atoms. The molecule has 1 aliphatic carbocycles. The van der Waals surface area contributed by atoms with E-state index >= 15 is 0 Å². The van der Waals surface area contributed by atoms with Gasteiger partial charge in [0.15, 0.2) is 17.8 Å². The van der Waals surface area contributed by atoms with Crippen LogP contribution in [0, 0.1) is 0 Å². The molecule has 3 aromatic heterocycles. The van der Waals surface area contributed by atoms with E-state index in [1.165, 1.54) is 16.9 Å². The Morgan fingerprint density at radius 2 is 2.23 bits per heavy atom. The first-order valence-corrected chi connectivity index (χ1v) is 8.24. The van der Waals surface area contributed by atoms with Crippen LogP contribution in [0.15, 0.2) is 29.3 Å². The summed E-state index contributed by atoms with van der Waals surface area (Å²) in [6.45, 7) is 0.433. The molecule has 3 heterocycles. The summed E-state index contributed by atoms with van der Waals surface area (Å²) < 4.78 is 1.80. The monoisotopic (exact) mass is 314 g/mol. The van der Waals surface area contributed by atoms with Crippen molar-refractivity contribution in [1.82, 2.24) is 9.97 Å². The van der Waals surface area contributed by atoms with Gasteiger partial charge in [0.25, 0.3) is 5.56 Å². The van der Waals surface area contributed by atoms with Crippen molar-refractivity contribution in [3.05, 3.63) is 51.1 Å². The summed E-state index contributed by atoms with van der Waals surface area (Å²) in [7, 11) is 0. The molecule has 3 aromatic rings. The fraction of sp³-hybridized carbons (Fsp3) is 0.312. The van der Waals surface area contributed by atoms with Crippen LogP contribution in [0.4, 0.5) is 0 Å². The van der Waals surface area contributed by atoms with Crippen LogP contribution < -0.4 is 10.1 Å². The van der Waals surface area contributed by atoms with Gasteiger partial charge in [0, 0.05) is 10.9 Å². The van der Waals surface area contributed by atoms with E-state index in [1.807, 2.05) is 6.20 Å². The number of aromatic hydroxyl groups is 1. The zero-order valence-electron chi connectivity index (χ0n) is 12.0. The maximum Gasteiger partial charge on any atom is 0.260 e. The van der Waals surface area contributed by atoms with Gasteiger partial charge in [0.1, 0.15) is 4.83 Å². The number of aryl methyl sites for hydroxylation is 2. The van der Waals surface area contributed by atoms with Crippen LogP contribution in [0.25, 0.3) is 10.2 Å². The summed E-state index contributed by atoms with van der Waals surface area (Å²) >= 11 is 1.65. The van der Waals surface area contributed by atoms with E-state index in [9.17, 15) is 9.90 Å². The van der Waals surface area contributed by atoms with E-state index in [0.29, 0.717) is 12.4 Å². The summed E-state index contributed by atoms with van der Waals surface area (Å²) in [5.41, 5.74) is 1.16. The first-order valence-electron chi connectivity index (χ1n) is 7.42. The number of pyridine rings is 1. The number of nitrogens with zero attached hydrogens (tertiary/aromatic N) is 2. The van der Waals surface area contributed by atoms with Crippen molar-refractivity contribution < 1.29 is 9.67 Å². The minimum absolute atomic E-state index is 0.0415. The molecule has 4 rings (SSSR count). The lowest BCUT2D eigenvalue weighted by Gasteiger charge is -2.09. The SMILES string of the molecule is O=c1[nH]c(C[n+]2cccc(O)c2)nc2sc3c(c12)CCCC3. The van der Waals surface area contributed by atoms with E-state index in [4.69, 9.17) is 0 Å². The molecule has 0 aliphatic heterocycles. The van der Waals surface area contributed by atoms with Gasteiger partial charge in [-0.3, -0.25) is 4.79 Å². The second-order valence-electron chi connectivity index (χ2n) is 5.64. The number of aromatic nitrogens is 3. The number of fused-ring (bicyclic) bond motifs is 3. The lowest BCUT2D eigenvalue weighted by Crippen LogP contribution is -2.34. The van der Waals surface area contributed by atoms with Gasteiger partial charge in [-0.1, -0.05) is 0 Å². The maximum absolute atomic E-state index is 12.4. The number of nitrogens with one attached hydrogen (secondary N) is 1.